The van der Waals surface area contributed by atoms with E-state index in [-0.39, 0.29) is 10.6 Å². The minimum absolute atomic E-state index is 0.0797. The quantitative estimate of drug-likeness (QED) is 0.493. The average Bonchev–Trinajstić information content (AvgIpc) is 2.45. The second-order valence-corrected chi connectivity index (χ2v) is 7.01. The van der Waals surface area contributed by atoms with E-state index >= 15 is 0 Å². The zero-order valence-electron chi connectivity index (χ0n) is 12.2. The Balaban J connectivity index is 2.44. The van der Waals surface area contributed by atoms with Crippen LogP contribution >= 0.6 is 0 Å². The molecule has 2 aromatic rings. The maximum atomic E-state index is 11.4. The fourth-order valence-corrected chi connectivity index (χ4v) is 2.57. The van der Waals surface area contributed by atoms with Crippen molar-refractivity contribution < 1.29 is 13.3 Å². The highest BCUT2D eigenvalue weighted by atomic mass is 32.2. The van der Waals surface area contributed by atoms with E-state index in [1.807, 2.05) is 19.1 Å². The highest BCUT2D eigenvalue weighted by Gasteiger charge is 2.15. The lowest BCUT2D eigenvalue weighted by molar-refractivity contribution is -0.374. The monoisotopic (exact) mass is 317 g/mol. The van der Waals surface area contributed by atoms with E-state index in [4.69, 9.17) is 0 Å². The standard InChI is InChI=1S/C16H15NO4S/c1-12-3-5-13(6-4-12)11-16(17(18)19)14-7-9-15(10-8-14)22(2,20)21/h3-11H,1-2H3/b16-11+. The Hall–Kier alpha value is -2.47. The van der Waals surface area contributed by atoms with E-state index in [1.54, 1.807) is 12.1 Å². The van der Waals surface area contributed by atoms with Crippen LogP contribution in [0.15, 0.2) is 53.4 Å². The second-order valence-electron chi connectivity index (χ2n) is 4.99. The smallest absolute Gasteiger partial charge is 0.258 e. The maximum Gasteiger partial charge on any atom is 0.277 e. The van der Waals surface area contributed by atoms with Gasteiger partial charge in [-0.25, -0.2) is 8.42 Å². The first kappa shape index (κ1) is 15.9. The summed E-state index contributed by atoms with van der Waals surface area (Å²) in [5.41, 5.74) is 2.06. The highest BCUT2D eigenvalue weighted by Crippen LogP contribution is 2.21. The number of aryl methyl sites for hydroxylation is 1. The molecule has 0 spiro atoms. The van der Waals surface area contributed by atoms with Gasteiger partial charge in [0.1, 0.15) is 0 Å². The number of nitro groups is 1. The van der Waals surface area contributed by atoms with Gasteiger partial charge in [0.25, 0.3) is 5.70 Å². The van der Waals surface area contributed by atoms with Gasteiger partial charge in [-0.3, -0.25) is 10.1 Å². The molecular formula is C16H15NO4S. The molecule has 22 heavy (non-hydrogen) atoms. The van der Waals surface area contributed by atoms with Gasteiger partial charge in [0.05, 0.1) is 15.4 Å². The van der Waals surface area contributed by atoms with Gasteiger partial charge >= 0.3 is 0 Å². The summed E-state index contributed by atoms with van der Waals surface area (Å²) in [5, 5.41) is 11.3. The lowest BCUT2D eigenvalue weighted by atomic mass is 10.1. The first-order valence-electron chi connectivity index (χ1n) is 6.50. The molecule has 0 aromatic heterocycles. The third kappa shape index (κ3) is 3.79. The third-order valence-corrected chi connectivity index (χ3v) is 4.28. The van der Waals surface area contributed by atoms with Crippen molar-refractivity contribution in [2.75, 3.05) is 6.26 Å². The molecule has 0 aliphatic rings. The van der Waals surface area contributed by atoms with Crippen LogP contribution in [0.2, 0.25) is 0 Å². The fourth-order valence-electron chi connectivity index (χ4n) is 1.93. The van der Waals surface area contributed by atoms with E-state index in [2.05, 4.69) is 0 Å². The first-order valence-corrected chi connectivity index (χ1v) is 8.40. The number of nitrogens with zero attached hydrogens (tertiary/aromatic N) is 1. The van der Waals surface area contributed by atoms with Gasteiger partial charge in [0.2, 0.25) is 0 Å². The van der Waals surface area contributed by atoms with E-state index in [1.165, 1.54) is 30.3 Å². The zero-order chi connectivity index (χ0) is 16.3. The van der Waals surface area contributed by atoms with Crippen molar-refractivity contribution in [1.29, 1.82) is 0 Å². The zero-order valence-corrected chi connectivity index (χ0v) is 13.0. The molecule has 0 aliphatic carbocycles. The van der Waals surface area contributed by atoms with Crippen LogP contribution in [-0.4, -0.2) is 19.6 Å². The molecular weight excluding hydrogens is 302 g/mol. The van der Waals surface area contributed by atoms with Gasteiger partial charge in [0.15, 0.2) is 9.84 Å². The Morgan fingerprint density at radius 3 is 2.05 bits per heavy atom. The van der Waals surface area contributed by atoms with Gasteiger partial charge in [-0.2, -0.15) is 0 Å². The molecule has 0 fully saturated rings. The van der Waals surface area contributed by atoms with Crippen molar-refractivity contribution in [3.05, 3.63) is 75.3 Å². The number of sulfone groups is 1. The van der Waals surface area contributed by atoms with Crippen LogP contribution in [-0.2, 0) is 9.84 Å². The molecule has 0 heterocycles. The van der Waals surface area contributed by atoms with Crippen LogP contribution in [0.3, 0.4) is 0 Å². The molecule has 0 bridgehead atoms. The van der Waals surface area contributed by atoms with E-state index in [0.717, 1.165) is 11.8 Å². The number of benzene rings is 2. The average molecular weight is 317 g/mol. The number of rotatable bonds is 4. The van der Waals surface area contributed by atoms with Crippen molar-refractivity contribution in [2.24, 2.45) is 0 Å². The SMILES string of the molecule is Cc1ccc(/C=C(\c2ccc(S(C)(=O)=O)cc2)[N+](=O)[O-])cc1. The van der Waals surface area contributed by atoms with Crippen molar-refractivity contribution >= 4 is 21.6 Å². The molecule has 114 valence electrons. The molecule has 6 heteroatoms. The summed E-state index contributed by atoms with van der Waals surface area (Å²) in [6, 6.07) is 13.0. The summed E-state index contributed by atoms with van der Waals surface area (Å²) < 4.78 is 22.8. The first-order chi connectivity index (χ1) is 10.3. The molecule has 0 atom stereocenters. The van der Waals surface area contributed by atoms with Gasteiger partial charge in [0, 0.05) is 12.3 Å². The van der Waals surface area contributed by atoms with Gasteiger partial charge in [-0.1, -0.05) is 29.8 Å². The Bertz CT molecular complexity index is 819. The van der Waals surface area contributed by atoms with E-state index < -0.39 is 14.8 Å². The third-order valence-electron chi connectivity index (χ3n) is 3.16. The van der Waals surface area contributed by atoms with E-state index in [9.17, 15) is 18.5 Å². The summed E-state index contributed by atoms with van der Waals surface area (Å²) in [6.07, 6.45) is 2.56. The molecule has 0 amide bonds. The van der Waals surface area contributed by atoms with Gasteiger partial charge in [-0.05, 0) is 36.8 Å². The molecule has 0 N–H and O–H groups in total. The Kier molecular flexibility index (Phi) is 4.42. The van der Waals surface area contributed by atoms with Crippen LogP contribution in [0.5, 0.6) is 0 Å². The Morgan fingerprint density at radius 1 is 1.05 bits per heavy atom. The lowest BCUT2D eigenvalue weighted by Crippen LogP contribution is -2.00. The Labute approximate surface area is 129 Å². The maximum absolute atomic E-state index is 11.4. The normalized spacial score (nSPS) is 12.2. The molecule has 0 saturated carbocycles. The van der Waals surface area contributed by atoms with Crippen LogP contribution in [0.1, 0.15) is 16.7 Å². The lowest BCUT2D eigenvalue weighted by Gasteiger charge is -2.02. The summed E-state index contributed by atoms with van der Waals surface area (Å²) in [4.78, 5) is 10.9. The van der Waals surface area contributed by atoms with Crippen LogP contribution < -0.4 is 0 Å². The van der Waals surface area contributed by atoms with E-state index in [0.29, 0.717) is 11.1 Å². The van der Waals surface area contributed by atoms with Crippen LogP contribution in [0.25, 0.3) is 11.8 Å². The minimum atomic E-state index is -3.32. The summed E-state index contributed by atoms with van der Waals surface area (Å²) in [7, 11) is -3.32. The summed E-state index contributed by atoms with van der Waals surface area (Å²) in [5.74, 6) is 0. The molecule has 2 aromatic carbocycles. The topological polar surface area (TPSA) is 77.3 Å². The number of hydrogen-bond acceptors (Lipinski definition) is 4. The van der Waals surface area contributed by atoms with Crippen molar-refractivity contribution in [3.8, 4) is 0 Å². The van der Waals surface area contributed by atoms with Gasteiger partial charge in [-0.15, -0.1) is 0 Å². The van der Waals surface area contributed by atoms with Crippen molar-refractivity contribution in [2.45, 2.75) is 11.8 Å². The molecule has 5 nitrogen and oxygen atoms in total. The molecule has 2 rings (SSSR count). The predicted octanol–water partition coefficient (Wildman–Crippen LogP) is 3.17. The fraction of sp³-hybridized carbons (Fsp3) is 0.125. The minimum Gasteiger partial charge on any atom is -0.258 e. The predicted molar refractivity (Wildman–Crippen MR) is 85.6 cm³/mol. The van der Waals surface area contributed by atoms with Crippen molar-refractivity contribution in [1.82, 2.24) is 0 Å². The molecule has 0 unspecified atom stereocenters. The molecule has 0 radical (unpaired) electrons. The van der Waals surface area contributed by atoms with Crippen LogP contribution in [0.4, 0.5) is 0 Å². The molecule has 0 saturated heterocycles. The largest absolute Gasteiger partial charge is 0.277 e. The molecule has 0 aliphatic heterocycles. The summed E-state index contributed by atoms with van der Waals surface area (Å²) >= 11 is 0. The highest BCUT2D eigenvalue weighted by molar-refractivity contribution is 7.90. The second kappa shape index (κ2) is 6.11. The Morgan fingerprint density at radius 2 is 1.59 bits per heavy atom. The van der Waals surface area contributed by atoms with Crippen molar-refractivity contribution in [3.63, 3.8) is 0 Å². The van der Waals surface area contributed by atoms with Crippen LogP contribution in [0, 0.1) is 17.0 Å². The van der Waals surface area contributed by atoms with Gasteiger partial charge < -0.3 is 0 Å². The summed E-state index contributed by atoms with van der Waals surface area (Å²) in [6.45, 7) is 1.94. The number of hydrogen-bond donors (Lipinski definition) is 0.